The van der Waals surface area contributed by atoms with Crippen molar-refractivity contribution < 1.29 is 14.3 Å². The molecular formula is C26H24N4O4S. The highest BCUT2D eigenvalue weighted by molar-refractivity contribution is 7.17. The lowest BCUT2D eigenvalue weighted by Gasteiger charge is -2.36. The number of amides is 1. The number of thiophene rings is 1. The molecular weight excluding hydrogens is 464 g/mol. The third-order valence-electron chi connectivity index (χ3n) is 6.42. The van der Waals surface area contributed by atoms with Crippen LogP contribution in [-0.2, 0) is 11.3 Å². The molecule has 2 aromatic carbocycles. The molecule has 0 radical (unpaired) electrons. The van der Waals surface area contributed by atoms with E-state index in [2.05, 4.69) is 9.88 Å². The topological polar surface area (TPSA) is 87.8 Å². The number of benzene rings is 2. The molecule has 35 heavy (non-hydrogen) atoms. The van der Waals surface area contributed by atoms with Gasteiger partial charge in [-0.05, 0) is 17.7 Å². The van der Waals surface area contributed by atoms with E-state index in [-0.39, 0.29) is 18.1 Å². The first-order chi connectivity index (χ1) is 17.2. The van der Waals surface area contributed by atoms with Crippen molar-refractivity contribution in [1.82, 2.24) is 19.8 Å². The maximum Gasteiger partial charge on any atom is 0.267 e. The molecule has 6 rings (SSSR count). The molecule has 2 aliphatic rings. The SMILES string of the molecule is O=C([C@@H]1COc2ccccc2O1)N1CCN(Cc2nc3scc(-c4ccccc4)c3c(=O)[nH]2)CC1. The Bertz CT molecular complexity index is 1430. The minimum absolute atomic E-state index is 0.0564. The average molecular weight is 489 g/mol. The zero-order chi connectivity index (χ0) is 23.8. The molecule has 178 valence electrons. The van der Waals surface area contributed by atoms with Gasteiger partial charge in [0.15, 0.2) is 11.5 Å². The van der Waals surface area contributed by atoms with Crippen molar-refractivity contribution in [3.05, 3.63) is 76.2 Å². The zero-order valence-corrected chi connectivity index (χ0v) is 19.8. The Morgan fingerprint density at radius 2 is 1.77 bits per heavy atom. The number of carbonyl (C=O) groups excluding carboxylic acids is 1. The maximum absolute atomic E-state index is 13.0. The van der Waals surface area contributed by atoms with E-state index >= 15 is 0 Å². The molecule has 1 N–H and O–H groups in total. The van der Waals surface area contributed by atoms with Crippen LogP contribution in [0.1, 0.15) is 5.82 Å². The number of nitrogens with one attached hydrogen (secondary N) is 1. The molecule has 2 aliphatic heterocycles. The Kier molecular flexibility index (Phi) is 5.71. The van der Waals surface area contributed by atoms with E-state index in [1.807, 2.05) is 64.9 Å². The fourth-order valence-electron chi connectivity index (χ4n) is 4.58. The van der Waals surface area contributed by atoms with Crippen LogP contribution in [0, 0.1) is 0 Å². The molecule has 4 heterocycles. The van der Waals surface area contributed by atoms with Crippen LogP contribution in [0.2, 0.25) is 0 Å². The smallest absolute Gasteiger partial charge is 0.267 e. The first-order valence-corrected chi connectivity index (χ1v) is 12.5. The molecule has 1 amide bonds. The summed E-state index contributed by atoms with van der Waals surface area (Å²) in [5, 5.41) is 2.63. The molecule has 1 fully saturated rings. The third-order valence-corrected chi connectivity index (χ3v) is 7.29. The summed E-state index contributed by atoms with van der Waals surface area (Å²) in [6, 6.07) is 17.3. The standard InChI is InChI=1S/C26H24N4O4S/c31-24-23-18(17-6-2-1-3-7-17)16-35-25(23)28-22(27-24)14-29-10-12-30(13-11-29)26(32)21-15-33-19-8-4-5-9-20(19)34-21/h1-9,16,21H,10-15H2,(H,27,28,31)/t21-/m0/s1. The van der Waals surface area contributed by atoms with Gasteiger partial charge < -0.3 is 19.4 Å². The second-order valence-electron chi connectivity index (χ2n) is 8.67. The van der Waals surface area contributed by atoms with Gasteiger partial charge in [0.1, 0.15) is 17.3 Å². The van der Waals surface area contributed by atoms with Gasteiger partial charge in [-0.2, -0.15) is 0 Å². The fourth-order valence-corrected chi connectivity index (χ4v) is 5.55. The number of para-hydroxylation sites is 2. The number of fused-ring (bicyclic) bond motifs is 2. The van der Waals surface area contributed by atoms with Crippen molar-refractivity contribution in [3.63, 3.8) is 0 Å². The lowest BCUT2D eigenvalue weighted by molar-refractivity contribution is -0.143. The van der Waals surface area contributed by atoms with Crippen molar-refractivity contribution in [1.29, 1.82) is 0 Å². The maximum atomic E-state index is 13.0. The van der Waals surface area contributed by atoms with E-state index in [1.54, 1.807) is 0 Å². The van der Waals surface area contributed by atoms with E-state index in [4.69, 9.17) is 14.5 Å². The van der Waals surface area contributed by atoms with Crippen LogP contribution in [0.25, 0.3) is 21.3 Å². The van der Waals surface area contributed by atoms with Crippen LogP contribution in [0.3, 0.4) is 0 Å². The van der Waals surface area contributed by atoms with Gasteiger partial charge in [-0.3, -0.25) is 14.5 Å². The van der Waals surface area contributed by atoms with Gasteiger partial charge in [-0.1, -0.05) is 42.5 Å². The average Bonchev–Trinajstić information content (AvgIpc) is 3.34. The minimum atomic E-state index is -0.630. The fraction of sp³-hybridized carbons (Fsp3) is 0.269. The lowest BCUT2D eigenvalue weighted by Crippen LogP contribution is -2.53. The number of nitrogens with zero attached hydrogens (tertiary/aromatic N) is 3. The number of aromatic nitrogens is 2. The summed E-state index contributed by atoms with van der Waals surface area (Å²) < 4.78 is 11.6. The Balaban J connectivity index is 1.10. The van der Waals surface area contributed by atoms with Gasteiger partial charge in [0.2, 0.25) is 6.10 Å². The van der Waals surface area contributed by atoms with E-state index in [9.17, 15) is 9.59 Å². The molecule has 1 saturated heterocycles. The molecule has 0 aliphatic carbocycles. The molecule has 0 saturated carbocycles. The Morgan fingerprint density at radius 1 is 1.03 bits per heavy atom. The van der Waals surface area contributed by atoms with Gasteiger partial charge in [0.05, 0.1) is 11.9 Å². The monoisotopic (exact) mass is 488 g/mol. The zero-order valence-electron chi connectivity index (χ0n) is 19.0. The van der Waals surface area contributed by atoms with E-state index in [0.29, 0.717) is 55.4 Å². The molecule has 2 aromatic heterocycles. The summed E-state index contributed by atoms with van der Waals surface area (Å²) in [5.74, 6) is 1.86. The third kappa shape index (κ3) is 4.28. The molecule has 0 spiro atoms. The molecule has 0 unspecified atom stereocenters. The Morgan fingerprint density at radius 3 is 2.57 bits per heavy atom. The summed E-state index contributed by atoms with van der Waals surface area (Å²) >= 11 is 1.49. The number of hydrogen-bond donors (Lipinski definition) is 1. The normalized spacial score (nSPS) is 18.1. The second-order valence-corrected chi connectivity index (χ2v) is 9.53. The van der Waals surface area contributed by atoms with E-state index in [1.165, 1.54) is 11.3 Å². The van der Waals surface area contributed by atoms with Crippen molar-refractivity contribution >= 4 is 27.5 Å². The summed E-state index contributed by atoms with van der Waals surface area (Å²) in [5.41, 5.74) is 1.80. The molecule has 9 heteroatoms. The van der Waals surface area contributed by atoms with Crippen LogP contribution in [-0.4, -0.2) is 64.6 Å². The van der Waals surface area contributed by atoms with Gasteiger partial charge in [-0.25, -0.2) is 4.98 Å². The first kappa shape index (κ1) is 21.8. The number of H-pyrrole nitrogens is 1. The number of rotatable bonds is 4. The summed E-state index contributed by atoms with van der Waals surface area (Å²) in [6.07, 6.45) is -0.630. The van der Waals surface area contributed by atoms with Crippen molar-refractivity contribution in [3.8, 4) is 22.6 Å². The number of piperazine rings is 1. The van der Waals surface area contributed by atoms with Crippen molar-refractivity contribution in [2.45, 2.75) is 12.6 Å². The van der Waals surface area contributed by atoms with Crippen molar-refractivity contribution in [2.75, 3.05) is 32.8 Å². The number of aromatic amines is 1. The van der Waals surface area contributed by atoms with Gasteiger partial charge in [-0.15, -0.1) is 11.3 Å². The Hall–Kier alpha value is -3.69. The minimum Gasteiger partial charge on any atom is -0.485 e. The van der Waals surface area contributed by atoms with E-state index < -0.39 is 6.10 Å². The van der Waals surface area contributed by atoms with Gasteiger partial charge >= 0.3 is 0 Å². The number of ether oxygens (including phenoxy) is 2. The molecule has 8 nitrogen and oxygen atoms in total. The largest absolute Gasteiger partial charge is 0.485 e. The summed E-state index contributed by atoms with van der Waals surface area (Å²) in [7, 11) is 0. The van der Waals surface area contributed by atoms with Crippen LogP contribution in [0.4, 0.5) is 0 Å². The summed E-state index contributed by atoms with van der Waals surface area (Å²) in [6.45, 7) is 3.30. The van der Waals surface area contributed by atoms with Crippen LogP contribution in [0.15, 0.2) is 64.8 Å². The Labute approximate surface area is 205 Å². The molecule has 4 aromatic rings. The highest BCUT2D eigenvalue weighted by Gasteiger charge is 2.32. The second kappa shape index (κ2) is 9.16. The van der Waals surface area contributed by atoms with E-state index in [0.717, 1.165) is 16.0 Å². The van der Waals surface area contributed by atoms with Crippen molar-refractivity contribution in [2.24, 2.45) is 0 Å². The molecule has 0 bridgehead atoms. The predicted molar refractivity (Wildman–Crippen MR) is 134 cm³/mol. The van der Waals surface area contributed by atoms with Crippen LogP contribution < -0.4 is 15.0 Å². The number of hydrogen-bond acceptors (Lipinski definition) is 7. The van der Waals surface area contributed by atoms with Gasteiger partial charge in [0.25, 0.3) is 11.5 Å². The molecule has 1 atom stereocenters. The van der Waals surface area contributed by atoms with Gasteiger partial charge in [0, 0.05) is 37.1 Å². The van der Waals surface area contributed by atoms with Crippen LogP contribution in [0.5, 0.6) is 11.5 Å². The summed E-state index contributed by atoms with van der Waals surface area (Å²) in [4.78, 5) is 38.4. The quantitative estimate of drug-likeness (QED) is 0.475. The highest BCUT2D eigenvalue weighted by Crippen LogP contribution is 2.32. The van der Waals surface area contributed by atoms with Crippen LogP contribution >= 0.6 is 11.3 Å². The predicted octanol–water partition coefficient (Wildman–Crippen LogP) is 3.14. The lowest BCUT2D eigenvalue weighted by atomic mass is 10.1. The first-order valence-electron chi connectivity index (χ1n) is 11.6. The highest BCUT2D eigenvalue weighted by atomic mass is 32.1. The number of carbonyl (C=O) groups is 1.